The molecule has 0 saturated carbocycles. The highest BCUT2D eigenvalue weighted by Crippen LogP contribution is 2.25. The minimum absolute atomic E-state index is 0.116. The van der Waals surface area contributed by atoms with Gasteiger partial charge in [0.1, 0.15) is 12.4 Å². The number of halogens is 1. The molecule has 1 saturated heterocycles. The Morgan fingerprint density at radius 2 is 2.26 bits per heavy atom. The number of nitrogens with two attached hydrogens (primary N) is 1. The second kappa shape index (κ2) is 7.66. The molecule has 1 aliphatic rings. The molecule has 0 bridgehead atoms. The Morgan fingerprint density at radius 3 is 2.87 bits per heavy atom. The van der Waals surface area contributed by atoms with Gasteiger partial charge in [-0.3, -0.25) is 9.59 Å². The largest absolute Gasteiger partial charge is 0.491 e. The predicted octanol–water partition coefficient (Wildman–Crippen LogP) is 1.23. The second-order valence-electron chi connectivity index (χ2n) is 5.81. The van der Waals surface area contributed by atoms with Crippen LogP contribution in [0.2, 0.25) is 5.02 Å². The van der Waals surface area contributed by atoms with Crippen molar-refractivity contribution < 1.29 is 14.3 Å². The van der Waals surface area contributed by atoms with Crippen molar-refractivity contribution in [3.8, 4) is 5.75 Å². The summed E-state index contributed by atoms with van der Waals surface area (Å²) in [5, 5.41) is 0.470. The van der Waals surface area contributed by atoms with Gasteiger partial charge in [0.15, 0.2) is 0 Å². The molecular formula is C16H22ClN3O3. The molecule has 7 heteroatoms. The van der Waals surface area contributed by atoms with Crippen LogP contribution in [0.4, 0.5) is 0 Å². The molecule has 126 valence electrons. The molecule has 0 aromatic heterocycles. The van der Waals surface area contributed by atoms with E-state index < -0.39 is 0 Å². The summed E-state index contributed by atoms with van der Waals surface area (Å²) in [4.78, 5) is 27.6. The summed E-state index contributed by atoms with van der Waals surface area (Å²) < 4.78 is 5.52. The first-order valence-electron chi connectivity index (χ1n) is 7.54. The van der Waals surface area contributed by atoms with E-state index in [1.807, 2.05) is 0 Å². The van der Waals surface area contributed by atoms with E-state index in [0.29, 0.717) is 49.0 Å². The van der Waals surface area contributed by atoms with Gasteiger partial charge in [-0.1, -0.05) is 11.6 Å². The molecule has 1 fully saturated rings. The Kier molecular flexibility index (Phi) is 5.85. The van der Waals surface area contributed by atoms with Crippen LogP contribution in [0.1, 0.15) is 16.8 Å². The number of hydrogen-bond donors (Lipinski definition) is 1. The van der Waals surface area contributed by atoms with Gasteiger partial charge in [-0.15, -0.1) is 0 Å². The fourth-order valence-corrected chi connectivity index (χ4v) is 2.89. The molecule has 0 spiro atoms. The van der Waals surface area contributed by atoms with E-state index in [4.69, 9.17) is 22.1 Å². The van der Waals surface area contributed by atoms with Crippen LogP contribution >= 0.6 is 11.6 Å². The zero-order valence-corrected chi connectivity index (χ0v) is 14.2. The van der Waals surface area contributed by atoms with Crippen molar-refractivity contribution >= 4 is 23.4 Å². The van der Waals surface area contributed by atoms with Gasteiger partial charge in [-0.2, -0.15) is 0 Å². The third-order valence-corrected chi connectivity index (χ3v) is 4.08. The Balaban J connectivity index is 2.09. The van der Waals surface area contributed by atoms with E-state index >= 15 is 0 Å². The Labute approximate surface area is 141 Å². The normalized spacial score (nSPS) is 17.5. The summed E-state index contributed by atoms with van der Waals surface area (Å²) in [6, 6.07) is 4.94. The van der Waals surface area contributed by atoms with Gasteiger partial charge < -0.3 is 20.3 Å². The Morgan fingerprint density at radius 1 is 1.52 bits per heavy atom. The van der Waals surface area contributed by atoms with E-state index in [9.17, 15) is 9.59 Å². The minimum Gasteiger partial charge on any atom is -0.491 e. The molecule has 1 unspecified atom stereocenters. The van der Waals surface area contributed by atoms with Crippen LogP contribution in [0.25, 0.3) is 0 Å². The van der Waals surface area contributed by atoms with Gasteiger partial charge in [0.2, 0.25) is 5.91 Å². The highest BCUT2D eigenvalue weighted by molar-refractivity contribution is 6.31. The SMILES string of the molecule is CN1CC(CN(C)C(=O)c2cc(Cl)ccc2OCCN)CC1=O. The summed E-state index contributed by atoms with van der Waals surface area (Å²) in [6.07, 6.45) is 0.472. The average molecular weight is 340 g/mol. The minimum atomic E-state index is -0.179. The van der Waals surface area contributed by atoms with Gasteiger partial charge in [0.25, 0.3) is 5.91 Å². The molecule has 0 aliphatic carbocycles. The van der Waals surface area contributed by atoms with Crippen molar-refractivity contribution in [3.63, 3.8) is 0 Å². The zero-order chi connectivity index (χ0) is 17.0. The maximum absolute atomic E-state index is 12.7. The van der Waals surface area contributed by atoms with Crippen LogP contribution in [0.5, 0.6) is 5.75 Å². The Hall–Kier alpha value is -1.79. The molecule has 1 aromatic rings. The lowest BCUT2D eigenvalue weighted by molar-refractivity contribution is -0.126. The monoisotopic (exact) mass is 339 g/mol. The first-order chi connectivity index (χ1) is 10.9. The van der Waals surface area contributed by atoms with Crippen molar-refractivity contribution in [2.75, 3.05) is 40.3 Å². The number of benzene rings is 1. The third-order valence-electron chi connectivity index (χ3n) is 3.85. The number of hydrogen-bond acceptors (Lipinski definition) is 4. The lowest BCUT2D eigenvalue weighted by Crippen LogP contribution is -2.33. The molecule has 23 heavy (non-hydrogen) atoms. The van der Waals surface area contributed by atoms with Crippen molar-refractivity contribution in [2.45, 2.75) is 6.42 Å². The topological polar surface area (TPSA) is 75.9 Å². The third kappa shape index (κ3) is 4.36. The standard InChI is InChI=1S/C16H22ClN3O3/c1-19-9-11(7-15(19)21)10-20(2)16(22)13-8-12(17)3-4-14(13)23-6-5-18/h3-4,8,11H,5-7,9-10,18H2,1-2H3. The molecule has 1 heterocycles. The molecule has 6 nitrogen and oxygen atoms in total. The van der Waals surface area contributed by atoms with Crippen LogP contribution < -0.4 is 10.5 Å². The van der Waals surface area contributed by atoms with Crippen LogP contribution in [0.15, 0.2) is 18.2 Å². The van der Waals surface area contributed by atoms with Gasteiger partial charge in [0, 0.05) is 51.1 Å². The van der Waals surface area contributed by atoms with Crippen molar-refractivity contribution in [2.24, 2.45) is 11.7 Å². The molecule has 2 N–H and O–H groups in total. The molecular weight excluding hydrogens is 318 g/mol. The molecule has 0 radical (unpaired) electrons. The van der Waals surface area contributed by atoms with E-state index in [1.165, 1.54) is 0 Å². The van der Waals surface area contributed by atoms with Crippen LogP contribution in [0.3, 0.4) is 0 Å². The first kappa shape index (κ1) is 17.6. The van der Waals surface area contributed by atoms with Gasteiger partial charge in [-0.05, 0) is 18.2 Å². The number of likely N-dealkylation sites (tertiary alicyclic amines) is 1. The second-order valence-corrected chi connectivity index (χ2v) is 6.24. The lowest BCUT2D eigenvalue weighted by Gasteiger charge is -2.22. The van der Waals surface area contributed by atoms with Crippen molar-refractivity contribution in [1.82, 2.24) is 9.80 Å². The highest BCUT2D eigenvalue weighted by atomic mass is 35.5. The summed E-state index contributed by atoms with van der Waals surface area (Å²) in [7, 11) is 3.50. The quantitative estimate of drug-likeness (QED) is 0.845. The molecule has 1 aromatic carbocycles. The van der Waals surface area contributed by atoms with E-state index in [1.54, 1.807) is 42.1 Å². The number of carbonyl (C=O) groups excluding carboxylic acids is 2. The number of amides is 2. The average Bonchev–Trinajstić information content (AvgIpc) is 2.83. The van der Waals surface area contributed by atoms with E-state index in [-0.39, 0.29) is 17.7 Å². The maximum Gasteiger partial charge on any atom is 0.257 e. The lowest BCUT2D eigenvalue weighted by atomic mass is 10.1. The fraction of sp³-hybridized carbons (Fsp3) is 0.500. The number of ether oxygens (including phenoxy) is 1. The maximum atomic E-state index is 12.7. The Bertz CT molecular complexity index is 594. The van der Waals surface area contributed by atoms with Crippen LogP contribution in [0, 0.1) is 5.92 Å². The first-order valence-corrected chi connectivity index (χ1v) is 7.92. The fourth-order valence-electron chi connectivity index (χ4n) is 2.72. The summed E-state index contributed by atoms with van der Waals surface area (Å²) in [5.74, 6) is 0.553. The molecule has 2 rings (SSSR count). The predicted molar refractivity (Wildman–Crippen MR) is 88.7 cm³/mol. The number of carbonyl (C=O) groups is 2. The zero-order valence-electron chi connectivity index (χ0n) is 13.4. The summed E-state index contributed by atoms with van der Waals surface area (Å²) >= 11 is 6.01. The number of rotatable bonds is 6. The van der Waals surface area contributed by atoms with Gasteiger partial charge in [-0.25, -0.2) is 0 Å². The smallest absolute Gasteiger partial charge is 0.257 e. The molecule has 1 aliphatic heterocycles. The van der Waals surface area contributed by atoms with Crippen LogP contribution in [-0.4, -0.2) is 62.0 Å². The van der Waals surface area contributed by atoms with Crippen molar-refractivity contribution in [1.29, 1.82) is 0 Å². The molecule has 1 atom stereocenters. The van der Waals surface area contributed by atoms with E-state index in [0.717, 1.165) is 0 Å². The van der Waals surface area contributed by atoms with Crippen LogP contribution in [-0.2, 0) is 4.79 Å². The van der Waals surface area contributed by atoms with Gasteiger partial charge >= 0.3 is 0 Å². The van der Waals surface area contributed by atoms with Gasteiger partial charge in [0.05, 0.1) is 5.56 Å². The summed E-state index contributed by atoms with van der Waals surface area (Å²) in [6.45, 7) is 1.87. The summed E-state index contributed by atoms with van der Waals surface area (Å²) in [5.41, 5.74) is 5.85. The molecule has 2 amide bonds. The van der Waals surface area contributed by atoms with E-state index in [2.05, 4.69) is 0 Å². The highest BCUT2D eigenvalue weighted by Gasteiger charge is 2.29. The number of nitrogens with zero attached hydrogens (tertiary/aromatic N) is 2. The van der Waals surface area contributed by atoms with Crippen molar-refractivity contribution in [3.05, 3.63) is 28.8 Å².